The number of carbonyl (C=O) groups is 1. The fraction of sp³-hybridized carbons (Fsp3) is 0.667. The second-order valence-corrected chi connectivity index (χ2v) is 3.88. The molecule has 0 heterocycles. The van der Waals surface area contributed by atoms with Crippen LogP contribution in [0.2, 0.25) is 0 Å². The highest BCUT2D eigenvalue weighted by Gasteiger charge is 2.55. The summed E-state index contributed by atoms with van der Waals surface area (Å²) in [6, 6.07) is 0. The number of Topliss-reactive ketones (excluding diaryl/α,β-unsaturated/α-hetero) is 1. The normalized spacial score (nSPS) is 41.2. The molecule has 1 heteroatoms. The van der Waals surface area contributed by atoms with Crippen LogP contribution in [0.4, 0.5) is 0 Å². The van der Waals surface area contributed by atoms with Crippen molar-refractivity contribution in [3.05, 3.63) is 12.2 Å². The van der Waals surface area contributed by atoms with Crippen LogP contribution >= 0.6 is 0 Å². The van der Waals surface area contributed by atoms with Gasteiger partial charge in [-0.2, -0.15) is 0 Å². The molecule has 10 heavy (non-hydrogen) atoms. The Labute approximate surface area is 61.1 Å². The standard InChI is InChI=1S/C9H12O/c1-9(2)7-5-3-4-6(7)8(9)10/h3,5-7H,4H2,1-2H3/t6-,7+/m0/s1. The average molecular weight is 136 g/mol. The molecule has 0 saturated heterocycles. The van der Waals surface area contributed by atoms with Gasteiger partial charge in [0.25, 0.3) is 0 Å². The molecule has 0 aromatic heterocycles. The molecule has 0 aliphatic heterocycles. The van der Waals surface area contributed by atoms with Gasteiger partial charge in [-0.3, -0.25) is 4.79 Å². The predicted molar refractivity (Wildman–Crippen MR) is 39.5 cm³/mol. The smallest absolute Gasteiger partial charge is 0.143 e. The molecule has 2 aliphatic carbocycles. The highest BCUT2D eigenvalue weighted by Crippen LogP contribution is 2.52. The van der Waals surface area contributed by atoms with E-state index < -0.39 is 0 Å². The third-order valence-electron chi connectivity index (χ3n) is 2.97. The van der Waals surface area contributed by atoms with E-state index in [1.165, 1.54) is 0 Å². The Balaban J connectivity index is 2.29. The molecule has 0 aromatic carbocycles. The van der Waals surface area contributed by atoms with Crippen molar-refractivity contribution in [1.82, 2.24) is 0 Å². The topological polar surface area (TPSA) is 17.1 Å². The van der Waals surface area contributed by atoms with E-state index in [0.29, 0.717) is 17.6 Å². The lowest BCUT2D eigenvalue weighted by Gasteiger charge is -2.45. The summed E-state index contributed by atoms with van der Waals surface area (Å²) in [6.07, 6.45) is 5.33. The van der Waals surface area contributed by atoms with Crippen molar-refractivity contribution in [2.75, 3.05) is 0 Å². The molecule has 0 aromatic rings. The second kappa shape index (κ2) is 1.52. The van der Waals surface area contributed by atoms with Gasteiger partial charge >= 0.3 is 0 Å². The number of allylic oxidation sites excluding steroid dienone is 2. The van der Waals surface area contributed by atoms with E-state index in [0.717, 1.165) is 6.42 Å². The number of hydrogen-bond donors (Lipinski definition) is 0. The molecule has 2 aliphatic rings. The second-order valence-electron chi connectivity index (χ2n) is 3.88. The van der Waals surface area contributed by atoms with Gasteiger partial charge in [0, 0.05) is 11.3 Å². The summed E-state index contributed by atoms with van der Waals surface area (Å²) in [7, 11) is 0. The fourth-order valence-corrected chi connectivity index (χ4v) is 2.21. The molecule has 0 amide bonds. The zero-order chi connectivity index (χ0) is 7.35. The summed E-state index contributed by atoms with van der Waals surface area (Å²) in [4.78, 5) is 11.3. The minimum atomic E-state index is -0.0440. The molecular formula is C9H12O. The van der Waals surface area contributed by atoms with Gasteiger partial charge in [0.05, 0.1) is 0 Å². The zero-order valence-electron chi connectivity index (χ0n) is 6.42. The van der Waals surface area contributed by atoms with Gasteiger partial charge in [0.1, 0.15) is 5.78 Å². The SMILES string of the molecule is CC1(C)C(=O)[C@H]2CC=C[C@H]21. The molecule has 2 rings (SSSR count). The van der Waals surface area contributed by atoms with E-state index in [1.54, 1.807) is 0 Å². The van der Waals surface area contributed by atoms with Crippen LogP contribution < -0.4 is 0 Å². The van der Waals surface area contributed by atoms with Crippen LogP contribution in [-0.4, -0.2) is 5.78 Å². The number of rotatable bonds is 0. The van der Waals surface area contributed by atoms with Gasteiger partial charge in [-0.25, -0.2) is 0 Å². The maximum atomic E-state index is 11.3. The first-order valence-corrected chi connectivity index (χ1v) is 3.85. The molecule has 0 unspecified atom stereocenters. The molecule has 0 spiro atoms. The molecule has 0 bridgehead atoms. The Bertz CT molecular complexity index is 213. The molecule has 1 saturated carbocycles. The summed E-state index contributed by atoms with van der Waals surface area (Å²) >= 11 is 0. The van der Waals surface area contributed by atoms with Crippen molar-refractivity contribution in [3.63, 3.8) is 0 Å². The van der Waals surface area contributed by atoms with E-state index in [2.05, 4.69) is 12.2 Å². The summed E-state index contributed by atoms with van der Waals surface area (Å²) in [5.74, 6) is 1.37. The number of ketones is 1. The van der Waals surface area contributed by atoms with Crippen molar-refractivity contribution < 1.29 is 4.79 Å². The quantitative estimate of drug-likeness (QED) is 0.464. The Hall–Kier alpha value is -0.590. The first-order chi connectivity index (χ1) is 4.64. The van der Waals surface area contributed by atoms with Gasteiger partial charge in [-0.1, -0.05) is 26.0 Å². The maximum Gasteiger partial charge on any atom is 0.143 e. The van der Waals surface area contributed by atoms with Gasteiger partial charge < -0.3 is 0 Å². The van der Waals surface area contributed by atoms with Crippen LogP contribution in [-0.2, 0) is 4.79 Å². The number of hydrogen-bond acceptors (Lipinski definition) is 1. The van der Waals surface area contributed by atoms with Crippen LogP contribution in [0.1, 0.15) is 20.3 Å². The third kappa shape index (κ3) is 0.472. The van der Waals surface area contributed by atoms with Crippen LogP contribution in [0.5, 0.6) is 0 Å². The lowest BCUT2D eigenvalue weighted by Crippen LogP contribution is -2.51. The van der Waals surface area contributed by atoms with Gasteiger partial charge in [-0.15, -0.1) is 0 Å². The molecule has 54 valence electrons. The first kappa shape index (κ1) is 6.14. The third-order valence-corrected chi connectivity index (χ3v) is 2.97. The van der Waals surface area contributed by atoms with Crippen molar-refractivity contribution in [2.24, 2.45) is 17.3 Å². The Kier molecular flexibility index (Phi) is 0.936. The fourth-order valence-electron chi connectivity index (χ4n) is 2.21. The Morgan fingerprint density at radius 2 is 2.30 bits per heavy atom. The van der Waals surface area contributed by atoms with Crippen molar-refractivity contribution in [2.45, 2.75) is 20.3 Å². The molecule has 0 N–H and O–H groups in total. The van der Waals surface area contributed by atoms with Crippen molar-refractivity contribution in [1.29, 1.82) is 0 Å². The van der Waals surface area contributed by atoms with Gasteiger partial charge in [0.15, 0.2) is 0 Å². The van der Waals surface area contributed by atoms with E-state index >= 15 is 0 Å². The average Bonchev–Trinajstić information content (AvgIpc) is 2.31. The first-order valence-electron chi connectivity index (χ1n) is 3.85. The van der Waals surface area contributed by atoms with Crippen molar-refractivity contribution in [3.8, 4) is 0 Å². The largest absolute Gasteiger partial charge is 0.299 e. The van der Waals surface area contributed by atoms with Gasteiger partial charge in [0.2, 0.25) is 0 Å². The summed E-state index contributed by atoms with van der Waals surface area (Å²) in [5, 5.41) is 0. The van der Waals surface area contributed by atoms with E-state index in [9.17, 15) is 4.79 Å². The van der Waals surface area contributed by atoms with Crippen LogP contribution in [0.15, 0.2) is 12.2 Å². The van der Waals surface area contributed by atoms with Crippen LogP contribution in [0.25, 0.3) is 0 Å². The molecule has 1 nitrogen and oxygen atoms in total. The highest BCUT2D eigenvalue weighted by molar-refractivity contribution is 5.94. The molecule has 0 radical (unpaired) electrons. The molecular weight excluding hydrogens is 124 g/mol. The summed E-state index contributed by atoms with van der Waals surface area (Å²) in [5.41, 5.74) is -0.0440. The summed E-state index contributed by atoms with van der Waals surface area (Å²) < 4.78 is 0. The van der Waals surface area contributed by atoms with Crippen LogP contribution in [0.3, 0.4) is 0 Å². The zero-order valence-corrected chi connectivity index (χ0v) is 6.42. The minimum Gasteiger partial charge on any atom is -0.299 e. The monoisotopic (exact) mass is 136 g/mol. The lowest BCUT2D eigenvalue weighted by atomic mass is 9.56. The Morgan fingerprint density at radius 3 is 2.90 bits per heavy atom. The van der Waals surface area contributed by atoms with Gasteiger partial charge in [-0.05, 0) is 12.3 Å². The molecule has 2 atom stereocenters. The van der Waals surface area contributed by atoms with E-state index in [4.69, 9.17) is 0 Å². The number of carbonyl (C=O) groups excluding carboxylic acids is 1. The maximum absolute atomic E-state index is 11.3. The minimum absolute atomic E-state index is 0.0440. The van der Waals surface area contributed by atoms with Crippen LogP contribution in [0, 0.1) is 17.3 Å². The molecule has 1 fully saturated rings. The summed E-state index contributed by atoms with van der Waals surface area (Å²) in [6.45, 7) is 4.10. The predicted octanol–water partition coefficient (Wildman–Crippen LogP) is 1.79. The lowest BCUT2D eigenvalue weighted by molar-refractivity contribution is -0.148. The Morgan fingerprint density at radius 1 is 1.60 bits per heavy atom. The van der Waals surface area contributed by atoms with E-state index in [-0.39, 0.29) is 5.41 Å². The van der Waals surface area contributed by atoms with Crippen molar-refractivity contribution >= 4 is 5.78 Å². The number of fused-ring (bicyclic) bond motifs is 1. The van der Waals surface area contributed by atoms with E-state index in [1.807, 2.05) is 13.8 Å². The highest BCUT2D eigenvalue weighted by atomic mass is 16.1.